The van der Waals surface area contributed by atoms with Crippen LogP contribution in [0.1, 0.15) is 38.8 Å². The lowest BCUT2D eigenvalue weighted by atomic mass is 10.1. The van der Waals surface area contributed by atoms with Gasteiger partial charge in [-0.2, -0.15) is 26.3 Å². The first-order valence-electron chi connectivity index (χ1n) is 12.1. The predicted molar refractivity (Wildman–Crippen MR) is 135 cm³/mol. The first-order valence-corrected chi connectivity index (χ1v) is 12.1. The van der Waals surface area contributed by atoms with Gasteiger partial charge in [0.25, 0.3) is 5.91 Å². The number of amides is 1. The summed E-state index contributed by atoms with van der Waals surface area (Å²) in [4.78, 5) is 50.8. The highest BCUT2D eigenvalue weighted by atomic mass is 19.4. The molecule has 0 unspecified atom stereocenters. The monoisotopic (exact) mass is 613 g/mol. The van der Waals surface area contributed by atoms with Crippen molar-refractivity contribution in [3.63, 3.8) is 0 Å². The molecule has 3 rings (SSSR count). The number of aliphatic carboxylic acids is 1. The molecule has 0 bridgehead atoms. The molecule has 228 valence electrons. The molecule has 2 atom stereocenters. The van der Waals surface area contributed by atoms with E-state index in [0.29, 0.717) is 36.6 Å². The minimum absolute atomic E-state index is 0.0157. The van der Waals surface area contributed by atoms with Gasteiger partial charge in [-0.05, 0) is 67.6 Å². The number of carbonyl (C=O) groups excluding carboxylic acids is 3. The Morgan fingerprint density at radius 1 is 0.744 bits per heavy atom. The van der Waals surface area contributed by atoms with E-state index in [2.05, 4.69) is 5.32 Å². The third kappa shape index (κ3) is 8.70. The van der Waals surface area contributed by atoms with Crippen molar-refractivity contribution in [2.45, 2.75) is 31.5 Å². The Morgan fingerprint density at radius 2 is 1.21 bits per heavy atom. The van der Waals surface area contributed by atoms with E-state index >= 15 is 0 Å². The molecule has 3 aromatic carbocycles. The van der Waals surface area contributed by atoms with E-state index in [0.717, 1.165) is 24.3 Å². The lowest BCUT2D eigenvalue weighted by Crippen LogP contribution is -2.48. The SMILES string of the molecule is CCOc1ccc(NC(=O)[C@H](OC(=O)c2cccc(C(F)(F)F)c2)[C@@H](OC(=O)c2cccc(C(F)(F)F)c2)C(=O)O)cc1. The van der Waals surface area contributed by atoms with Crippen molar-refractivity contribution in [3.05, 3.63) is 95.1 Å². The van der Waals surface area contributed by atoms with Crippen molar-refractivity contribution >= 4 is 29.5 Å². The van der Waals surface area contributed by atoms with Gasteiger partial charge in [-0.25, -0.2) is 14.4 Å². The largest absolute Gasteiger partial charge is 0.494 e. The number of carboxylic acid groups (broad SMARTS) is 1. The molecule has 0 aromatic heterocycles. The molecule has 15 heteroatoms. The van der Waals surface area contributed by atoms with Gasteiger partial charge in [-0.1, -0.05) is 12.1 Å². The first kappa shape index (κ1) is 32.4. The average molecular weight is 613 g/mol. The van der Waals surface area contributed by atoms with E-state index in [9.17, 15) is 50.6 Å². The fourth-order valence-electron chi connectivity index (χ4n) is 3.52. The van der Waals surface area contributed by atoms with E-state index in [4.69, 9.17) is 14.2 Å². The summed E-state index contributed by atoms with van der Waals surface area (Å²) in [7, 11) is 0. The van der Waals surface area contributed by atoms with Gasteiger partial charge in [0.2, 0.25) is 12.2 Å². The normalized spacial score (nSPS) is 12.9. The second kappa shape index (κ2) is 13.3. The second-order valence-electron chi connectivity index (χ2n) is 8.59. The molecule has 0 spiro atoms. The van der Waals surface area contributed by atoms with Crippen molar-refractivity contribution < 1.29 is 64.8 Å². The van der Waals surface area contributed by atoms with E-state index in [1.807, 2.05) is 0 Å². The summed E-state index contributed by atoms with van der Waals surface area (Å²) in [5, 5.41) is 12.0. The van der Waals surface area contributed by atoms with E-state index in [1.165, 1.54) is 24.3 Å². The summed E-state index contributed by atoms with van der Waals surface area (Å²) in [5.74, 6) is -6.30. The number of nitrogens with one attached hydrogen (secondary N) is 1. The van der Waals surface area contributed by atoms with Crippen LogP contribution in [-0.2, 0) is 31.4 Å². The maximum absolute atomic E-state index is 13.2. The Morgan fingerprint density at radius 3 is 1.63 bits per heavy atom. The van der Waals surface area contributed by atoms with Gasteiger partial charge in [0, 0.05) is 5.69 Å². The minimum atomic E-state index is -4.87. The number of ether oxygens (including phenoxy) is 3. The maximum atomic E-state index is 13.2. The van der Waals surface area contributed by atoms with Crippen molar-refractivity contribution in [3.8, 4) is 5.75 Å². The number of benzene rings is 3. The van der Waals surface area contributed by atoms with Crippen LogP contribution in [0, 0.1) is 0 Å². The molecule has 2 N–H and O–H groups in total. The Labute approximate surface area is 239 Å². The van der Waals surface area contributed by atoms with Gasteiger partial charge in [-0.3, -0.25) is 4.79 Å². The molecule has 1 amide bonds. The van der Waals surface area contributed by atoms with E-state index < -0.39 is 70.6 Å². The lowest BCUT2D eigenvalue weighted by molar-refractivity contribution is -0.157. The minimum Gasteiger partial charge on any atom is -0.494 e. The molecular weight excluding hydrogens is 592 g/mol. The topological polar surface area (TPSA) is 128 Å². The fourth-order valence-corrected chi connectivity index (χ4v) is 3.52. The summed E-state index contributed by atoms with van der Waals surface area (Å²) < 4.78 is 93.8. The van der Waals surface area contributed by atoms with Crippen molar-refractivity contribution in [1.82, 2.24) is 0 Å². The number of rotatable bonds is 10. The lowest BCUT2D eigenvalue weighted by Gasteiger charge is -2.24. The standard InChI is InChI=1S/C28H21F6NO8/c1-2-41-20-11-9-19(10-12-20)35-23(36)21(42-25(39)15-5-3-7-17(13-15)27(29,30)31)22(24(37)38)43-26(40)16-6-4-8-18(14-16)28(32,33)34/h3-14,21-22H,2H2,1H3,(H,35,36)(H,37,38)/t21-,22-/m1/s1. The van der Waals surface area contributed by atoms with Crippen LogP contribution in [0.15, 0.2) is 72.8 Å². The van der Waals surface area contributed by atoms with Crippen LogP contribution in [0.3, 0.4) is 0 Å². The molecule has 0 fully saturated rings. The Bertz CT molecular complexity index is 1490. The molecule has 0 saturated heterocycles. The average Bonchev–Trinajstić information content (AvgIpc) is 2.95. The van der Waals surface area contributed by atoms with Crippen LogP contribution in [0.4, 0.5) is 32.0 Å². The number of carbonyl (C=O) groups is 4. The zero-order valence-corrected chi connectivity index (χ0v) is 21.9. The molecular formula is C28H21F6NO8. The number of halogens is 6. The highest BCUT2D eigenvalue weighted by Crippen LogP contribution is 2.31. The summed E-state index contributed by atoms with van der Waals surface area (Å²) in [5.41, 5.74) is -4.00. The number of alkyl halides is 6. The summed E-state index contributed by atoms with van der Waals surface area (Å²) in [6, 6.07) is 11.0. The molecule has 0 heterocycles. The zero-order valence-electron chi connectivity index (χ0n) is 21.9. The highest BCUT2D eigenvalue weighted by Gasteiger charge is 2.42. The number of hydrogen-bond donors (Lipinski definition) is 2. The molecule has 0 aliphatic carbocycles. The summed E-state index contributed by atoms with van der Waals surface area (Å²) in [6.45, 7) is 2.03. The van der Waals surface area contributed by atoms with Gasteiger partial charge in [0.1, 0.15) is 5.75 Å². The van der Waals surface area contributed by atoms with Gasteiger partial charge in [-0.15, -0.1) is 0 Å². The number of carboxylic acids is 1. The van der Waals surface area contributed by atoms with Gasteiger partial charge in [0.05, 0.1) is 28.9 Å². The van der Waals surface area contributed by atoms with Crippen LogP contribution in [-0.4, -0.2) is 47.7 Å². The molecule has 43 heavy (non-hydrogen) atoms. The Balaban J connectivity index is 1.96. The predicted octanol–water partition coefficient (Wildman–Crippen LogP) is 5.60. The Kier molecular flexibility index (Phi) is 10.0. The number of esters is 2. The van der Waals surface area contributed by atoms with Gasteiger partial charge < -0.3 is 24.6 Å². The number of hydrogen-bond acceptors (Lipinski definition) is 7. The van der Waals surface area contributed by atoms with E-state index in [-0.39, 0.29) is 5.69 Å². The van der Waals surface area contributed by atoms with Crippen LogP contribution in [0.25, 0.3) is 0 Å². The fraction of sp³-hybridized carbons (Fsp3) is 0.214. The van der Waals surface area contributed by atoms with Crippen LogP contribution in [0.2, 0.25) is 0 Å². The second-order valence-corrected chi connectivity index (χ2v) is 8.59. The smallest absolute Gasteiger partial charge is 0.416 e. The third-order valence-electron chi connectivity index (χ3n) is 5.53. The first-order chi connectivity index (χ1) is 20.1. The summed E-state index contributed by atoms with van der Waals surface area (Å²) in [6.07, 6.45) is -14.9. The molecule has 3 aromatic rings. The number of anilines is 1. The molecule has 0 saturated carbocycles. The zero-order chi connectivity index (χ0) is 31.9. The van der Waals surface area contributed by atoms with Crippen molar-refractivity contribution in [2.75, 3.05) is 11.9 Å². The molecule has 0 aliphatic heterocycles. The van der Waals surface area contributed by atoms with Crippen molar-refractivity contribution in [1.29, 1.82) is 0 Å². The van der Waals surface area contributed by atoms with Crippen LogP contribution in [0.5, 0.6) is 5.75 Å². The summed E-state index contributed by atoms with van der Waals surface area (Å²) >= 11 is 0. The van der Waals surface area contributed by atoms with Crippen molar-refractivity contribution in [2.24, 2.45) is 0 Å². The third-order valence-corrected chi connectivity index (χ3v) is 5.53. The molecule has 9 nitrogen and oxygen atoms in total. The molecule has 0 aliphatic rings. The van der Waals surface area contributed by atoms with Gasteiger partial charge in [0.15, 0.2) is 0 Å². The maximum Gasteiger partial charge on any atom is 0.416 e. The van der Waals surface area contributed by atoms with Crippen LogP contribution >= 0.6 is 0 Å². The molecule has 0 radical (unpaired) electrons. The van der Waals surface area contributed by atoms with Gasteiger partial charge >= 0.3 is 30.3 Å². The van der Waals surface area contributed by atoms with E-state index in [1.54, 1.807) is 6.92 Å². The Hall–Kier alpha value is -5.08. The quantitative estimate of drug-likeness (QED) is 0.224. The highest BCUT2D eigenvalue weighted by molar-refractivity contribution is 6.01. The van der Waals surface area contributed by atoms with Crippen LogP contribution < -0.4 is 10.1 Å².